The van der Waals surface area contributed by atoms with Crippen molar-refractivity contribution in [2.24, 2.45) is 0 Å². The third kappa shape index (κ3) is 4.99. The first-order valence-corrected chi connectivity index (χ1v) is 5.09. The summed E-state index contributed by atoms with van der Waals surface area (Å²) >= 11 is 3.97. The minimum absolute atomic E-state index is 0.142. The maximum Gasteiger partial charge on any atom is 0.306 e. The highest BCUT2D eigenvalue weighted by atomic mass is 33.1. The Morgan fingerprint density at radius 3 is 2.80 bits per heavy atom. The van der Waals surface area contributed by atoms with E-state index in [1.165, 1.54) is 10.8 Å². The molecule has 0 fully saturated rings. The molecule has 0 spiro atoms. The summed E-state index contributed by atoms with van der Waals surface area (Å²) in [5, 5.41) is 0.238. The van der Waals surface area contributed by atoms with Gasteiger partial charge < -0.3 is 4.74 Å². The molecular formula is C6H12O2S2. The Bertz CT molecular complexity index is 106. The molecule has 0 aliphatic heterocycles. The molecule has 0 aliphatic carbocycles. The number of rotatable bonds is 4. The maximum absolute atomic E-state index is 10.7. The predicted molar refractivity (Wildman–Crippen MR) is 47.3 cm³/mol. The van der Waals surface area contributed by atoms with Crippen LogP contribution in [0, 0.1) is 0 Å². The van der Waals surface area contributed by atoms with E-state index in [9.17, 15) is 4.79 Å². The molecule has 0 radical (unpaired) electrons. The largest absolute Gasteiger partial charge is 0.466 e. The van der Waals surface area contributed by atoms with Crippen LogP contribution in [0.4, 0.5) is 0 Å². The molecule has 0 aliphatic rings. The van der Waals surface area contributed by atoms with E-state index in [1.54, 1.807) is 6.92 Å². The highest BCUT2D eigenvalue weighted by Crippen LogP contribution is 2.17. The highest BCUT2D eigenvalue weighted by Gasteiger charge is 2.07. The highest BCUT2D eigenvalue weighted by molar-refractivity contribution is 8.68. The van der Waals surface area contributed by atoms with Gasteiger partial charge in [-0.05, 0) is 6.92 Å². The summed E-state index contributed by atoms with van der Waals surface area (Å²) in [6, 6.07) is 0. The molecule has 0 rings (SSSR count). The summed E-state index contributed by atoms with van der Waals surface area (Å²) in [7, 11) is 1.37. The molecule has 0 aromatic carbocycles. The van der Waals surface area contributed by atoms with Gasteiger partial charge in [0.15, 0.2) is 0 Å². The third-order valence-corrected chi connectivity index (χ3v) is 2.55. The fourth-order valence-corrected chi connectivity index (χ4v) is 0.926. The Hall–Kier alpha value is 0.170. The molecule has 1 atom stereocenters. The van der Waals surface area contributed by atoms with Crippen molar-refractivity contribution in [1.82, 2.24) is 0 Å². The molecule has 0 saturated heterocycles. The standard InChI is InChI=1S/C6H12O2S2/c1-3-8-6(7)4-5(2)10-9/h5,9H,3-4H2,1-2H3. The zero-order chi connectivity index (χ0) is 7.98. The van der Waals surface area contributed by atoms with Gasteiger partial charge in [-0.1, -0.05) is 17.7 Å². The van der Waals surface area contributed by atoms with Crippen molar-refractivity contribution in [3.05, 3.63) is 0 Å². The molecule has 0 aromatic rings. The van der Waals surface area contributed by atoms with Crippen LogP contribution >= 0.6 is 22.5 Å². The number of carbonyl (C=O) groups is 1. The molecule has 0 bridgehead atoms. The minimum Gasteiger partial charge on any atom is -0.466 e. The molecule has 0 amide bonds. The van der Waals surface area contributed by atoms with Crippen LogP contribution < -0.4 is 0 Å². The molecule has 0 N–H and O–H groups in total. The van der Waals surface area contributed by atoms with Gasteiger partial charge in [0.25, 0.3) is 0 Å². The molecule has 1 unspecified atom stereocenters. The minimum atomic E-state index is -0.142. The number of carbonyl (C=O) groups excluding carboxylic acids is 1. The summed E-state index contributed by atoms with van der Waals surface area (Å²) in [5.41, 5.74) is 0. The fraction of sp³-hybridized carbons (Fsp3) is 0.833. The van der Waals surface area contributed by atoms with Crippen molar-refractivity contribution in [2.45, 2.75) is 25.5 Å². The normalized spacial score (nSPS) is 12.7. The molecule has 60 valence electrons. The van der Waals surface area contributed by atoms with Gasteiger partial charge in [0.05, 0.1) is 13.0 Å². The van der Waals surface area contributed by atoms with Gasteiger partial charge in [0.1, 0.15) is 0 Å². The van der Waals surface area contributed by atoms with Gasteiger partial charge in [-0.3, -0.25) is 4.79 Å². The van der Waals surface area contributed by atoms with Crippen molar-refractivity contribution in [2.75, 3.05) is 6.61 Å². The zero-order valence-corrected chi connectivity index (χ0v) is 7.87. The van der Waals surface area contributed by atoms with Gasteiger partial charge in [0.2, 0.25) is 0 Å². The lowest BCUT2D eigenvalue weighted by Crippen LogP contribution is -2.09. The first-order chi connectivity index (χ1) is 4.70. The monoisotopic (exact) mass is 180 g/mol. The molecule has 2 nitrogen and oxygen atoms in total. The van der Waals surface area contributed by atoms with Crippen molar-refractivity contribution in [3.8, 4) is 0 Å². The van der Waals surface area contributed by atoms with E-state index in [2.05, 4.69) is 11.7 Å². The average Bonchev–Trinajstić information content (AvgIpc) is 1.88. The first kappa shape index (κ1) is 10.2. The maximum atomic E-state index is 10.7. The van der Waals surface area contributed by atoms with Crippen molar-refractivity contribution >= 4 is 28.4 Å². The lowest BCUT2D eigenvalue weighted by atomic mass is 10.3. The Kier molecular flexibility index (Phi) is 6.02. The summed E-state index contributed by atoms with van der Waals surface area (Å²) in [6.45, 7) is 4.20. The van der Waals surface area contributed by atoms with Crippen LogP contribution in [0.2, 0.25) is 0 Å². The van der Waals surface area contributed by atoms with Crippen molar-refractivity contribution in [3.63, 3.8) is 0 Å². The van der Waals surface area contributed by atoms with Crippen LogP contribution in [0.5, 0.6) is 0 Å². The molecular weight excluding hydrogens is 168 g/mol. The van der Waals surface area contributed by atoms with Crippen molar-refractivity contribution in [1.29, 1.82) is 0 Å². The summed E-state index contributed by atoms with van der Waals surface area (Å²) in [5.74, 6) is -0.142. The molecule has 0 aromatic heterocycles. The Labute approximate surface area is 70.5 Å². The van der Waals surface area contributed by atoms with Crippen LogP contribution in [-0.2, 0) is 9.53 Å². The molecule has 10 heavy (non-hydrogen) atoms. The number of thiol groups is 1. The quantitative estimate of drug-likeness (QED) is 0.406. The zero-order valence-electron chi connectivity index (χ0n) is 6.16. The fourth-order valence-electron chi connectivity index (χ4n) is 0.492. The second-order valence-corrected chi connectivity index (χ2v) is 3.57. The SMILES string of the molecule is CCOC(=O)CC(C)SS. The molecule has 4 heteroatoms. The van der Waals surface area contributed by atoms with E-state index in [4.69, 9.17) is 4.74 Å². The lowest BCUT2D eigenvalue weighted by Gasteiger charge is -2.05. The Balaban J connectivity index is 3.37. The number of hydrogen-bond donors (Lipinski definition) is 1. The number of ether oxygens (including phenoxy) is 1. The van der Waals surface area contributed by atoms with E-state index in [-0.39, 0.29) is 11.2 Å². The smallest absolute Gasteiger partial charge is 0.306 e. The second-order valence-electron chi connectivity index (χ2n) is 1.93. The van der Waals surface area contributed by atoms with E-state index in [0.29, 0.717) is 13.0 Å². The third-order valence-electron chi connectivity index (χ3n) is 0.939. The molecule has 0 saturated carbocycles. The summed E-state index contributed by atoms with van der Waals surface area (Å²) in [6.07, 6.45) is 0.446. The Morgan fingerprint density at radius 2 is 2.40 bits per heavy atom. The summed E-state index contributed by atoms with van der Waals surface area (Å²) < 4.78 is 4.73. The first-order valence-electron chi connectivity index (χ1n) is 3.16. The van der Waals surface area contributed by atoms with Crippen LogP contribution in [0.1, 0.15) is 20.3 Å². The molecule has 0 heterocycles. The van der Waals surface area contributed by atoms with Gasteiger partial charge >= 0.3 is 5.97 Å². The topological polar surface area (TPSA) is 26.3 Å². The summed E-state index contributed by atoms with van der Waals surface area (Å²) in [4.78, 5) is 10.7. The van der Waals surface area contributed by atoms with Gasteiger partial charge in [0, 0.05) is 5.25 Å². The van der Waals surface area contributed by atoms with Crippen LogP contribution in [0.15, 0.2) is 0 Å². The van der Waals surface area contributed by atoms with E-state index >= 15 is 0 Å². The van der Waals surface area contributed by atoms with Gasteiger partial charge in [-0.2, -0.15) is 0 Å². The number of hydrogen-bond acceptors (Lipinski definition) is 4. The van der Waals surface area contributed by atoms with Crippen molar-refractivity contribution < 1.29 is 9.53 Å². The van der Waals surface area contributed by atoms with Crippen LogP contribution in [-0.4, -0.2) is 17.8 Å². The van der Waals surface area contributed by atoms with Crippen LogP contribution in [0.25, 0.3) is 0 Å². The average molecular weight is 180 g/mol. The van der Waals surface area contributed by atoms with E-state index in [0.717, 1.165) is 0 Å². The van der Waals surface area contributed by atoms with E-state index < -0.39 is 0 Å². The second kappa shape index (κ2) is 5.92. The Morgan fingerprint density at radius 1 is 1.80 bits per heavy atom. The van der Waals surface area contributed by atoms with Gasteiger partial charge in [-0.15, -0.1) is 11.7 Å². The lowest BCUT2D eigenvalue weighted by molar-refractivity contribution is -0.142. The van der Waals surface area contributed by atoms with E-state index in [1.807, 2.05) is 6.92 Å². The predicted octanol–water partition coefficient (Wildman–Crippen LogP) is 1.91. The number of esters is 1. The van der Waals surface area contributed by atoms with Crippen LogP contribution in [0.3, 0.4) is 0 Å². The van der Waals surface area contributed by atoms with Gasteiger partial charge in [-0.25, -0.2) is 0 Å².